The van der Waals surface area contributed by atoms with Crippen molar-refractivity contribution in [1.29, 1.82) is 0 Å². The summed E-state index contributed by atoms with van der Waals surface area (Å²) in [5, 5.41) is 3.36. The zero-order valence-electron chi connectivity index (χ0n) is 13.2. The SMILES string of the molecule is CCN(CC)C(=O)n1cnc(S(=O)(=O)c2cnc3ccccn23)n1. The van der Waals surface area contributed by atoms with E-state index < -0.39 is 21.0 Å². The third-order valence-electron chi connectivity index (χ3n) is 3.60. The van der Waals surface area contributed by atoms with Crippen LogP contribution in [0.15, 0.2) is 47.1 Å². The number of nitrogens with zero attached hydrogens (tertiary/aromatic N) is 6. The molecule has 3 heterocycles. The second-order valence-corrected chi connectivity index (χ2v) is 6.75. The summed E-state index contributed by atoms with van der Waals surface area (Å²) in [6, 6.07) is 4.72. The van der Waals surface area contributed by atoms with E-state index >= 15 is 0 Å². The van der Waals surface area contributed by atoms with Crippen molar-refractivity contribution in [2.75, 3.05) is 13.1 Å². The van der Waals surface area contributed by atoms with Gasteiger partial charge in [0.25, 0.3) is 15.0 Å². The van der Waals surface area contributed by atoms with Gasteiger partial charge in [0, 0.05) is 19.3 Å². The fourth-order valence-electron chi connectivity index (χ4n) is 2.30. The normalized spacial score (nSPS) is 11.8. The summed E-state index contributed by atoms with van der Waals surface area (Å²) in [5.41, 5.74) is 0.495. The Morgan fingerprint density at radius 3 is 2.67 bits per heavy atom. The predicted molar refractivity (Wildman–Crippen MR) is 84.4 cm³/mol. The standard InChI is InChI=1S/C14H16N6O3S/c1-3-18(4-2)14(21)20-10-16-13(17-20)24(22,23)12-9-15-11-7-5-6-8-19(11)12/h5-10H,3-4H2,1-2H3. The van der Waals surface area contributed by atoms with Crippen LogP contribution in [-0.2, 0) is 9.84 Å². The Labute approximate surface area is 138 Å². The van der Waals surface area contributed by atoms with Crippen molar-refractivity contribution in [2.24, 2.45) is 0 Å². The van der Waals surface area contributed by atoms with E-state index in [1.165, 1.54) is 15.5 Å². The molecule has 0 aliphatic rings. The first-order valence-electron chi connectivity index (χ1n) is 7.37. The number of sulfone groups is 1. The van der Waals surface area contributed by atoms with E-state index in [1.54, 1.807) is 24.4 Å². The average Bonchev–Trinajstić information content (AvgIpc) is 3.23. The molecule has 3 aromatic rings. The monoisotopic (exact) mass is 348 g/mol. The zero-order chi connectivity index (χ0) is 17.3. The van der Waals surface area contributed by atoms with Crippen molar-refractivity contribution < 1.29 is 13.2 Å². The topological polar surface area (TPSA) is 102 Å². The lowest BCUT2D eigenvalue weighted by Gasteiger charge is -2.17. The molecular formula is C14H16N6O3S. The van der Waals surface area contributed by atoms with Crippen LogP contribution in [0.25, 0.3) is 5.65 Å². The van der Waals surface area contributed by atoms with E-state index in [2.05, 4.69) is 15.1 Å². The quantitative estimate of drug-likeness (QED) is 0.699. The van der Waals surface area contributed by atoms with Crippen LogP contribution in [0.3, 0.4) is 0 Å². The Morgan fingerprint density at radius 1 is 1.21 bits per heavy atom. The molecule has 3 rings (SSSR count). The fraction of sp³-hybridized carbons (Fsp3) is 0.286. The van der Waals surface area contributed by atoms with Gasteiger partial charge in [-0.05, 0) is 26.0 Å². The van der Waals surface area contributed by atoms with E-state index in [1.807, 2.05) is 13.8 Å². The van der Waals surface area contributed by atoms with Crippen LogP contribution in [0.2, 0.25) is 0 Å². The van der Waals surface area contributed by atoms with Gasteiger partial charge < -0.3 is 4.90 Å². The third kappa shape index (κ3) is 2.54. The molecule has 0 unspecified atom stereocenters. The molecule has 0 bridgehead atoms. The van der Waals surface area contributed by atoms with E-state index in [-0.39, 0.29) is 5.03 Å². The number of imidazole rings is 1. The Morgan fingerprint density at radius 2 is 1.96 bits per heavy atom. The number of carbonyl (C=O) groups excluding carboxylic acids is 1. The highest BCUT2D eigenvalue weighted by Crippen LogP contribution is 2.18. The van der Waals surface area contributed by atoms with Crippen LogP contribution in [0, 0.1) is 0 Å². The second-order valence-electron chi connectivity index (χ2n) is 4.96. The van der Waals surface area contributed by atoms with Crippen molar-refractivity contribution in [1.82, 2.24) is 29.0 Å². The molecule has 0 aliphatic carbocycles. The lowest BCUT2D eigenvalue weighted by atomic mass is 10.5. The predicted octanol–water partition coefficient (Wildman–Crippen LogP) is 1.07. The molecule has 0 aliphatic heterocycles. The molecule has 0 aromatic carbocycles. The summed E-state index contributed by atoms with van der Waals surface area (Å²) in [5.74, 6) is 0. The molecule has 126 valence electrons. The molecular weight excluding hydrogens is 332 g/mol. The molecule has 0 fully saturated rings. The van der Waals surface area contributed by atoms with Crippen molar-refractivity contribution in [3.05, 3.63) is 36.9 Å². The van der Waals surface area contributed by atoms with Gasteiger partial charge in [-0.3, -0.25) is 4.40 Å². The van der Waals surface area contributed by atoms with Crippen molar-refractivity contribution in [2.45, 2.75) is 24.0 Å². The number of fused-ring (bicyclic) bond motifs is 1. The van der Waals surface area contributed by atoms with Crippen LogP contribution >= 0.6 is 0 Å². The van der Waals surface area contributed by atoms with Gasteiger partial charge in [-0.2, -0.15) is 4.68 Å². The Kier molecular flexibility index (Phi) is 4.06. The number of aromatic nitrogens is 5. The number of hydrogen-bond donors (Lipinski definition) is 0. The maximum Gasteiger partial charge on any atom is 0.346 e. The first-order chi connectivity index (χ1) is 11.5. The van der Waals surface area contributed by atoms with Crippen molar-refractivity contribution in [3.63, 3.8) is 0 Å². The van der Waals surface area contributed by atoms with Crippen LogP contribution in [0.4, 0.5) is 4.79 Å². The summed E-state index contributed by atoms with van der Waals surface area (Å²) in [7, 11) is -3.99. The minimum atomic E-state index is -3.99. The van der Waals surface area contributed by atoms with E-state index in [0.717, 1.165) is 11.0 Å². The van der Waals surface area contributed by atoms with Gasteiger partial charge in [0.15, 0.2) is 5.03 Å². The Bertz CT molecular complexity index is 987. The number of amides is 1. The molecule has 9 nitrogen and oxygen atoms in total. The highest BCUT2D eigenvalue weighted by molar-refractivity contribution is 7.91. The highest BCUT2D eigenvalue weighted by Gasteiger charge is 2.27. The second kappa shape index (κ2) is 6.04. The first kappa shape index (κ1) is 16.1. The summed E-state index contributed by atoms with van der Waals surface area (Å²) in [6.07, 6.45) is 3.95. The molecule has 10 heteroatoms. The Hall–Kier alpha value is -2.75. The van der Waals surface area contributed by atoms with Crippen LogP contribution < -0.4 is 0 Å². The average molecular weight is 348 g/mol. The summed E-state index contributed by atoms with van der Waals surface area (Å²) >= 11 is 0. The number of hydrogen-bond acceptors (Lipinski definition) is 6. The Balaban J connectivity index is 2.01. The lowest BCUT2D eigenvalue weighted by Crippen LogP contribution is -2.34. The molecule has 3 aromatic heterocycles. The highest BCUT2D eigenvalue weighted by atomic mass is 32.2. The van der Waals surface area contributed by atoms with E-state index in [4.69, 9.17) is 0 Å². The van der Waals surface area contributed by atoms with Gasteiger partial charge in [0.05, 0.1) is 6.20 Å². The maximum atomic E-state index is 12.7. The van der Waals surface area contributed by atoms with Crippen molar-refractivity contribution in [3.8, 4) is 0 Å². The zero-order valence-corrected chi connectivity index (χ0v) is 14.0. The minimum Gasteiger partial charge on any atom is -0.323 e. The van der Waals surface area contributed by atoms with Crippen LogP contribution in [0.5, 0.6) is 0 Å². The molecule has 0 spiro atoms. The molecule has 0 N–H and O–H groups in total. The van der Waals surface area contributed by atoms with Gasteiger partial charge in [0.2, 0.25) is 0 Å². The van der Waals surface area contributed by atoms with Gasteiger partial charge in [0.1, 0.15) is 12.0 Å². The number of pyridine rings is 1. The molecule has 1 amide bonds. The van der Waals surface area contributed by atoms with E-state index in [9.17, 15) is 13.2 Å². The molecule has 24 heavy (non-hydrogen) atoms. The number of carbonyl (C=O) groups is 1. The van der Waals surface area contributed by atoms with Gasteiger partial charge in [-0.15, -0.1) is 5.10 Å². The van der Waals surface area contributed by atoms with Crippen LogP contribution in [0.1, 0.15) is 13.8 Å². The number of rotatable bonds is 4. The minimum absolute atomic E-state index is 0.0499. The van der Waals surface area contributed by atoms with Crippen LogP contribution in [-0.4, -0.2) is 56.6 Å². The molecule has 0 saturated heterocycles. The first-order valence-corrected chi connectivity index (χ1v) is 8.85. The maximum absolute atomic E-state index is 12.7. The van der Waals surface area contributed by atoms with E-state index in [0.29, 0.717) is 18.7 Å². The summed E-state index contributed by atoms with van der Waals surface area (Å²) in [6.45, 7) is 4.64. The summed E-state index contributed by atoms with van der Waals surface area (Å²) in [4.78, 5) is 21.6. The van der Waals surface area contributed by atoms with Crippen molar-refractivity contribution >= 4 is 21.5 Å². The molecule has 0 radical (unpaired) electrons. The smallest absolute Gasteiger partial charge is 0.323 e. The molecule has 0 atom stereocenters. The largest absolute Gasteiger partial charge is 0.346 e. The van der Waals surface area contributed by atoms with Gasteiger partial charge in [-0.25, -0.2) is 23.2 Å². The third-order valence-corrected chi connectivity index (χ3v) is 5.12. The van der Waals surface area contributed by atoms with Gasteiger partial charge >= 0.3 is 6.03 Å². The summed E-state index contributed by atoms with van der Waals surface area (Å²) < 4.78 is 27.8. The van der Waals surface area contributed by atoms with Gasteiger partial charge in [-0.1, -0.05) is 6.07 Å². The lowest BCUT2D eigenvalue weighted by molar-refractivity contribution is 0.201. The molecule has 0 saturated carbocycles. The fourth-order valence-corrected chi connectivity index (χ4v) is 3.48.